The highest BCUT2D eigenvalue weighted by atomic mass is 35.5. The van der Waals surface area contributed by atoms with Gasteiger partial charge in [-0.25, -0.2) is 4.90 Å². The second kappa shape index (κ2) is 9.52. The van der Waals surface area contributed by atoms with Crippen LogP contribution in [0.5, 0.6) is 5.75 Å². The van der Waals surface area contributed by atoms with Gasteiger partial charge in [0.2, 0.25) is 11.8 Å². The van der Waals surface area contributed by atoms with Crippen molar-refractivity contribution in [3.8, 4) is 5.75 Å². The Labute approximate surface area is 183 Å². The minimum atomic E-state index is -0.567. The van der Waals surface area contributed by atoms with Gasteiger partial charge in [-0.05, 0) is 49.4 Å². The molecule has 0 bridgehead atoms. The summed E-state index contributed by atoms with van der Waals surface area (Å²) in [7, 11) is 1.61. The molecule has 1 fully saturated rings. The fourth-order valence-electron chi connectivity index (χ4n) is 2.80. The number of nitrogens with one attached hydrogen (secondary N) is 1. The molecule has 1 aliphatic rings. The predicted molar refractivity (Wildman–Crippen MR) is 120 cm³/mol. The summed E-state index contributed by atoms with van der Waals surface area (Å²) < 4.78 is 5.40. The van der Waals surface area contributed by atoms with E-state index in [-0.39, 0.29) is 18.2 Å². The summed E-state index contributed by atoms with van der Waals surface area (Å²) in [6.07, 6.45) is 0.0960. The van der Waals surface area contributed by atoms with Gasteiger partial charge in [0.15, 0.2) is 5.17 Å². The highest BCUT2D eigenvalue weighted by molar-refractivity contribution is 8.15. The van der Waals surface area contributed by atoms with Crippen molar-refractivity contribution in [2.75, 3.05) is 23.9 Å². The van der Waals surface area contributed by atoms with Crippen LogP contribution >= 0.6 is 35.0 Å². The first-order chi connectivity index (χ1) is 13.9. The zero-order chi connectivity index (χ0) is 21.0. The van der Waals surface area contributed by atoms with Crippen molar-refractivity contribution in [3.05, 3.63) is 52.5 Å². The molecule has 1 atom stereocenters. The van der Waals surface area contributed by atoms with Gasteiger partial charge in [-0.3, -0.25) is 14.6 Å². The lowest BCUT2D eigenvalue weighted by atomic mass is 10.3. The molecule has 3 rings (SSSR count). The topological polar surface area (TPSA) is 71.0 Å². The molecule has 1 heterocycles. The quantitative estimate of drug-likeness (QED) is 0.399. The van der Waals surface area contributed by atoms with Gasteiger partial charge < -0.3 is 10.1 Å². The number of aliphatic imine (C=N–C) groups is 1. The molecule has 6 nitrogen and oxygen atoms in total. The van der Waals surface area contributed by atoms with E-state index < -0.39 is 5.25 Å². The number of benzene rings is 2. The summed E-state index contributed by atoms with van der Waals surface area (Å²) in [4.78, 5) is 30.7. The number of carbonyl (C=O) groups excluding carboxylic acids is 2. The van der Waals surface area contributed by atoms with E-state index in [0.29, 0.717) is 38.9 Å². The van der Waals surface area contributed by atoms with Crippen molar-refractivity contribution < 1.29 is 14.3 Å². The second-order valence-electron chi connectivity index (χ2n) is 6.09. The van der Waals surface area contributed by atoms with E-state index in [4.69, 9.17) is 27.9 Å². The first kappa shape index (κ1) is 21.5. The summed E-state index contributed by atoms with van der Waals surface area (Å²) in [6, 6.07) is 12.0. The van der Waals surface area contributed by atoms with Crippen molar-refractivity contribution in [2.24, 2.45) is 4.99 Å². The van der Waals surface area contributed by atoms with Gasteiger partial charge in [0.25, 0.3) is 0 Å². The van der Waals surface area contributed by atoms with Crippen molar-refractivity contribution in [1.29, 1.82) is 0 Å². The van der Waals surface area contributed by atoms with E-state index >= 15 is 0 Å². The van der Waals surface area contributed by atoms with Crippen molar-refractivity contribution in [1.82, 2.24) is 0 Å². The summed E-state index contributed by atoms with van der Waals surface area (Å²) in [6.45, 7) is 2.44. The minimum absolute atomic E-state index is 0.0960. The maximum atomic E-state index is 12.9. The molecule has 152 valence electrons. The SMILES string of the molecule is CCOc1ccc(N2C(=O)C[C@@H](SC(=NC)Nc3ccc(Cl)c(Cl)c3)C2=O)cc1. The molecule has 0 aliphatic carbocycles. The van der Waals surface area contributed by atoms with Crippen LogP contribution in [0.15, 0.2) is 47.5 Å². The normalized spacial score (nSPS) is 17.0. The van der Waals surface area contributed by atoms with Gasteiger partial charge in [-0.15, -0.1) is 0 Å². The molecule has 1 aliphatic heterocycles. The number of imide groups is 1. The molecule has 2 aromatic carbocycles. The van der Waals surface area contributed by atoms with Crippen LogP contribution in [0.3, 0.4) is 0 Å². The van der Waals surface area contributed by atoms with E-state index in [1.807, 2.05) is 6.92 Å². The molecule has 2 amide bonds. The fraction of sp³-hybridized carbons (Fsp3) is 0.250. The van der Waals surface area contributed by atoms with Gasteiger partial charge in [0.1, 0.15) is 11.0 Å². The van der Waals surface area contributed by atoms with E-state index in [0.717, 1.165) is 0 Å². The Balaban J connectivity index is 1.70. The highest BCUT2D eigenvalue weighted by Gasteiger charge is 2.40. The summed E-state index contributed by atoms with van der Waals surface area (Å²) in [5.74, 6) is 0.162. The van der Waals surface area contributed by atoms with Gasteiger partial charge >= 0.3 is 0 Å². The van der Waals surface area contributed by atoms with Gasteiger partial charge in [-0.1, -0.05) is 35.0 Å². The second-order valence-corrected chi connectivity index (χ2v) is 8.09. The number of hydrogen-bond donors (Lipinski definition) is 1. The van der Waals surface area contributed by atoms with Gasteiger partial charge in [-0.2, -0.15) is 0 Å². The van der Waals surface area contributed by atoms with Crippen molar-refractivity contribution >= 4 is 63.3 Å². The number of anilines is 2. The van der Waals surface area contributed by atoms with Crippen LogP contribution in [0.25, 0.3) is 0 Å². The Morgan fingerprint density at radius 3 is 2.55 bits per heavy atom. The number of halogens is 2. The maximum Gasteiger partial charge on any atom is 0.247 e. The number of amidine groups is 1. The fourth-order valence-corrected chi connectivity index (χ4v) is 4.08. The van der Waals surface area contributed by atoms with Crippen LogP contribution in [-0.4, -0.2) is 35.9 Å². The van der Waals surface area contributed by atoms with E-state index in [1.165, 1.54) is 16.7 Å². The number of carbonyl (C=O) groups is 2. The third-order valence-electron chi connectivity index (χ3n) is 4.14. The summed E-state index contributed by atoms with van der Waals surface area (Å²) >= 11 is 13.2. The third-order valence-corrected chi connectivity index (χ3v) is 6.04. The highest BCUT2D eigenvalue weighted by Crippen LogP contribution is 2.32. The zero-order valence-electron chi connectivity index (χ0n) is 15.8. The molecule has 0 saturated carbocycles. The average Bonchev–Trinajstić information content (AvgIpc) is 2.98. The van der Waals surface area contributed by atoms with Crippen LogP contribution in [-0.2, 0) is 9.59 Å². The monoisotopic (exact) mass is 451 g/mol. The van der Waals surface area contributed by atoms with Crippen LogP contribution in [0, 0.1) is 0 Å². The largest absolute Gasteiger partial charge is 0.494 e. The maximum absolute atomic E-state index is 12.9. The van der Waals surface area contributed by atoms with Crippen molar-refractivity contribution in [2.45, 2.75) is 18.6 Å². The molecule has 0 unspecified atom stereocenters. The molecule has 0 spiro atoms. The van der Waals surface area contributed by atoms with E-state index in [9.17, 15) is 9.59 Å². The predicted octanol–water partition coefficient (Wildman–Crippen LogP) is 4.86. The van der Waals surface area contributed by atoms with E-state index in [1.54, 1.807) is 49.5 Å². The Hall–Kier alpha value is -2.22. The lowest BCUT2D eigenvalue weighted by Gasteiger charge is -2.16. The summed E-state index contributed by atoms with van der Waals surface area (Å²) in [5.41, 5.74) is 1.21. The first-order valence-corrected chi connectivity index (χ1v) is 10.5. The molecule has 2 aromatic rings. The van der Waals surface area contributed by atoms with Gasteiger partial charge in [0.05, 0.1) is 22.3 Å². The Kier molecular flexibility index (Phi) is 7.05. The minimum Gasteiger partial charge on any atom is -0.494 e. The van der Waals surface area contributed by atoms with Gasteiger partial charge in [0, 0.05) is 19.2 Å². The van der Waals surface area contributed by atoms with Crippen molar-refractivity contribution in [3.63, 3.8) is 0 Å². The smallest absolute Gasteiger partial charge is 0.247 e. The van der Waals surface area contributed by atoms with Crippen LogP contribution in [0.4, 0.5) is 11.4 Å². The zero-order valence-corrected chi connectivity index (χ0v) is 18.1. The third kappa shape index (κ3) is 5.04. The number of ether oxygens (including phenoxy) is 1. The standard InChI is InChI=1S/C20H19Cl2N3O3S/c1-3-28-14-7-5-13(6-8-14)25-18(26)11-17(19(25)27)29-20(23-2)24-12-4-9-15(21)16(22)10-12/h4-10,17H,3,11H2,1-2H3,(H,23,24)/t17-/m1/s1. The Morgan fingerprint density at radius 1 is 1.21 bits per heavy atom. The Morgan fingerprint density at radius 2 is 1.93 bits per heavy atom. The first-order valence-electron chi connectivity index (χ1n) is 8.88. The number of nitrogens with zero attached hydrogens (tertiary/aromatic N) is 2. The number of hydrogen-bond acceptors (Lipinski definition) is 5. The number of thioether (sulfide) groups is 1. The lowest BCUT2D eigenvalue weighted by Crippen LogP contribution is -2.31. The lowest BCUT2D eigenvalue weighted by molar-refractivity contribution is -0.121. The molecule has 9 heteroatoms. The Bertz CT molecular complexity index is 950. The average molecular weight is 452 g/mol. The molecule has 0 aromatic heterocycles. The van der Waals surface area contributed by atoms with Crippen LogP contribution < -0.4 is 15.0 Å². The molecular weight excluding hydrogens is 433 g/mol. The molecule has 0 radical (unpaired) electrons. The van der Waals surface area contributed by atoms with Crippen LogP contribution in [0.2, 0.25) is 10.0 Å². The molecule has 1 saturated heterocycles. The molecule has 29 heavy (non-hydrogen) atoms. The summed E-state index contributed by atoms with van der Waals surface area (Å²) in [5, 5.41) is 3.90. The number of amides is 2. The number of rotatable bonds is 5. The van der Waals surface area contributed by atoms with E-state index in [2.05, 4.69) is 10.3 Å². The molecular formula is C20H19Cl2N3O3S. The molecule has 1 N–H and O–H groups in total. The van der Waals surface area contributed by atoms with Crippen LogP contribution in [0.1, 0.15) is 13.3 Å².